The minimum Gasteiger partial charge on any atom is -0.468 e. The second-order valence-electron chi connectivity index (χ2n) is 6.44. The molecule has 2 aromatic rings. The van der Waals surface area contributed by atoms with Crippen molar-refractivity contribution in [3.05, 3.63) is 58.5 Å². The van der Waals surface area contributed by atoms with E-state index in [1.54, 1.807) is 6.26 Å². The lowest BCUT2D eigenvalue weighted by atomic mass is 9.97. The zero-order valence-electron chi connectivity index (χ0n) is 13.9. The van der Waals surface area contributed by atoms with Gasteiger partial charge in [0.25, 0.3) is 5.91 Å². The van der Waals surface area contributed by atoms with Crippen LogP contribution in [-0.4, -0.2) is 30.4 Å². The van der Waals surface area contributed by atoms with Crippen molar-refractivity contribution in [2.75, 3.05) is 19.6 Å². The fourth-order valence-corrected chi connectivity index (χ4v) is 3.63. The molecule has 1 saturated heterocycles. The zero-order valence-corrected chi connectivity index (χ0v) is 15.5. The van der Waals surface area contributed by atoms with Gasteiger partial charge >= 0.3 is 0 Å². The van der Waals surface area contributed by atoms with Crippen LogP contribution in [0.2, 0.25) is 0 Å². The minimum absolute atomic E-state index is 0.0654. The van der Waals surface area contributed by atoms with Crippen molar-refractivity contribution in [1.82, 2.24) is 10.2 Å². The summed E-state index contributed by atoms with van der Waals surface area (Å²) in [5, 5.41) is 3.07. The highest BCUT2D eigenvalue weighted by Gasteiger charge is 2.27. The molecule has 1 atom stereocenters. The topological polar surface area (TPSA) is 45.5 Å². The summed E-state index contributed by atoms with van der Waals surface area (Å²) in [5.74, 6) is 1.62. The van der Waals surface area contributed by atoms with Gasteiger partial charge in [0, 0.05) is 11.0 Å². The standard InChI is InChI=1S/C19H23BrN2O2/c1-14-8-10-22(11-9-14)17(18-7-4-12-24-18)13-21-19(23)15-5-2-3-6-16(15)20/h2-7,12,14,17H,8-11,13H2,1H3,(H,21,23). The van der Waals surface area contributed by atoms with E-state index in [0.717, 1.165) is 29.2 Å². The van der Waals surface area contributed by atoms with Crippen LogP contribution >= 0.6 is 15.9 Å². The van der Waals surface area contributed by atoms with Crippen LogP contribution < -0.4 is 5.32 Å². The SMILES string of the molecule is CC1CCN(C(CNC(=O)c2ccccc2Br)c2ccco2)CC1. The van der Waals surface area contributed by atoms with Crippen molar-refractivity contribution in [3.8, 4) is 0 Å². The van der Waals surface area contributed by atoms with Gasteiger partial charge < -0.3 is 9.73 Å². The molecule has 3 rings (SSSR count). The van der Waals surface area contributed by atoms with E-state index in [9.17, 15) is 4.79 Å². The number of amides is 1. The molecule has 128 valence electrons. The molecule has 1 amide bonds. The first-order valence-electron chi connectivity index (χ1n) is 8.45. The molecule has 0 radical (unpaired) electrons. The summed E-state index contributed by atoms with van der Waals surface area (Å²) in [4.78, 5) is 14.9. The predicted octanol–water partition coefficient (Wildman–Crippen LogP) is 4.25. The Kier molecular flexibility index (Phi) is 5.74. The predicted molar refractivity (Wildman–Crippen MR) is 97.9 cm³/mol. The van der Waals surface area contributed by atoms with Crippen molar-refractivity contribution in [1.29, 1.82) is 0 Å². The number of halogens is 1. The highest BCUT2D eigenvalue weighted by Crippen LogP contribution is 2.27. The second kappa shape index (κ2) is 7.99. The summed E-state index contributed by atoms with van der Waals surface area (Å²) in [5.41, 5.74) is 0.656. The Morgan fingerprint density at radius 3 is 2.71 bits per heavy atom. The number of likely N-dealkylation sites (tertiary alicyclic amines) is 1. The van der Waals surface area contributed by atoms with Gasteiger partial charge in [0.05, 0.1) is 17.9 Å². The Hall–Kier alpha value is -1.59. The maximum atomic E-state index is 12.5. The number of nitrogens with zero attached hydrogens (tertiary/aromatic N) is 1. The number of nitrogens with one attached hydrogen (secondary N) is 1. The smallest absolute Gasteiger partial charge is 0.252 e. The summed E-state index contributed by atoms with van der Waals surface area (Å²) < 4.78 is 6.44. The van der Waals surface area contributed by atoms with E-state index in [4.69, 9.17) is 4.42 Å². The molecule has 2 heterocycles. The van der Waals surface area contributed by atoms with Gasteiger partial charge in [-0.25, -0.2) is 0 Å². The summed E-state index contributed by atoms with van der Waals surface area (Å²) in [6, 6.07) is 11.5. The Bertz CT molecular complexity index is 664. The van der Waals surface area contributed by atoms with Gasteiger partial charge in [0.1, 0.15) is 5.76 Å². The van der Waals surface area contributed by atoms with Crippen LogP contribution in [0.4, 0.5) is 0 Å². The summed E-state index contributed by atoms with van der Waals surface area (Å²) in [6.45, 7) is 4.92. The molecule has 1 unspecified atom stereocenters. The van der Waals surface area contributed by atoms with E-state index in [-0.39, 0.29) is 11.9 Å². The number of piperidine rings is 1. The van der Waals surface area contributed by atoms with E-state index in [2.05, 4.69) is 33.1 Å². The van der Waals surface area contributed by atoms with Gasteiger partial charge in [-0.1, -0.05) is 19.1 Å². The fraction of sp³-hybridized carbons (Fsp3) is 0.421. The summed E-state index contributed by atoms with van der Waals surface area (Å²) in [7, 11) is 0. The molecule has 1 N–H and O–H groups in total. The molecule has 1 aliphatic heterocycles. The summed E-state index contributed by atoms with van der Waals surface area (Å²) >= 11 is 3.44. The number of furan rings is 1. The lowest BCUT2D eigenvalue weighted by molar-refractivity contribution is 0.0895. The van der Waals surface area contributed by atoms with Gasteiger partial charge in [0.15, 0.2) is 0 Å². The van der Waals surface area contributed by atoms with Gasteiger partial charge in [0.2, 0.25) is 0 Å². The van der Waals surface area contributed by atoms with E-state index in [1.165, 1.54) is 12.8 Å². The number of carbonyl (C=O) groups is 1. The third-order valence-electron chi connectivity index (χ3n) is 4.71. The van der Waals surface area contributed by atoms with Gasteiger partial charge in [-0.05, 0) is 72.0 Å². The first kappa shape index (κ1) is 17.2. The lowest BCUT2D eigenvalue weighted by Gasteiger charge is -2.35. The summed E-state index contributed by atoms with van der Waals surface area (Å²) in [6.07, 6.45) is 4.08. The molecular weight excluding hydrogens is 368 g/mol. The number of carbonyl (C=O) groups excluding carboxylic acids is 1. The van der Waals surface area contributed by atoms with Crippen LogP contribution in [0.3, 0.4) is 0 Å². The van der Waals surface area contributed by atoms with Crippen LogP contribution in [0, 0.1) is 5.92 Å². The highest BCUT2D eigenvalue weighted by molar-refractivity contribution is 9.10. The first-order valence-corrected chi connectivity index (χ1v) is 9.24. The first-order chi connectivity index (χ1) is 11.6. The van der Waals surface area contributed by atoms with Crippen LogP contribution in [0.25, 0.3) is 0 Å². The Balaban J connectivity index is 1.68. The van der Waals surface area contributed by atoms with Gasteiger partial charge in [-0.15, -0.1) is 0 Å². The van der Waals surface area contributed by atoms with Crippen LogP contribution in [0.15, 0.2) is 51.6 Å². The molecular formula is C19H23BrN2O2. The molecule has 0 saturated carbocycles. The molecule has 1 aromatic heterocycles. The molecule has 0 bridgehead atoms. The largest absolute Gasteiger partial charge is 0.468 e. The molecule has 4 nitrogen and oxygen atoms in total. The monoisotopic (exact) mass is 390 g/mol. The normalized spacial score (nSPS) is 17.6. The Morgan fingerprint density at radius 1 is 1.29 bits per heavy atom. The van der Waals surface area contributed by atoms with Gasteiger partial charge in [-0.2, -0.15) is 0 Å². The number of benzene rings is 1. The second-order valence-corrected chi connectivity index (χ2v) is 7.29. The third-order valence-corrected chi connectivity index (χ3v) is 5.40. The van der Waals surface area contributed by atoms with Crippen LogP contribution in [0.1, 0.15) is 41.9 Å². The number of hydrogen-bond acceptors (Lipinski definition) is 3. The molecule has 0 aliphatic carbocycles. The Labute approximate surface area is 151 Å². The number of hydrogen-bond donors (Lipinski definition) is 1. The van der Waals surface area contributed by atoms with Crippen molar-refractivity contribution in [2.45, 2.75) is 25.8 Å². The maximum Gasteiger partial charge on any atom is 0.252 e. The molecule has 1 fully saturated rings. The lowest BCUT2D eigenvalue weighted by Crippen LogP contribution is -2.41. The van der Waals surface area contributed by atoms with Gasteiger partial charge in [-0.3, -0.25) is 9.69 Å². The Morgan fingerprint density at radius 2 is 2.04 bits per heavy atom. The van der Waals surface area contributed by atoms with E-state index in [0.29, 0.717) is 12.1 Å². The van der Waals surface area contributed by atoms with Crippen molar-refractivity contribution < 1.29 is 9.21 Å². The molecule has 0 spiro atoms. The molecule has 24 heavy (non-hydrogen) atoms. The number of rotatable bonds is 5. The van der Waals surface area contributed by atoms with Crippen LogP contribution in [0.5, 0.6) is 0 Å². The maximum absolute atomic E-state index is 12.5. The highest BCUT2D eigenvalue weighted by atomic mass is 79.9. The van der Waals surface area contributed by atoms with E-state index >= 15 is 0 Å². The molecule has 1 aromatic carbocycles. The van der Waals surface area contributed by atoms with Crippen molar-refractivity contribution in [3.63, 3.8) is 0 Å². The van der Waals surface area contributed by atoms with Crippen LogP contribution in [-0.2, 0) is 0 Å². The average molecular weight is 391 g/mol. The minimum atomic E-state index is -0.0654. The molecule has 1 aliphatic rings. The third kappa shape index (κ3) is 4.08. The quantitative estimate of drug-likeness (QED) is 0.829. The zero-order chi connectivity index (χ0) is 16.9. The average Bonchev–Trinajstić information content (AvgIpc) is 3.11. The van der Waals surface area contributed by atoms with E-state index in [1.807, 2.05) is 36.4 Å². The fourth-order valence-electron chi connectivity index (χ4n) is 3.16. The van der Waals surface area contributed by atoms with Crippen molar-refractivity contribution >= 4 is 21.8 Å². The molecule has 5 heteroatoms. The van der Waals surface area contributed by atoms with Crippen molar-refractivity contribution in [2.24, 2.45) is 5.92 Å². The van der Waals surface area contributed by atoms with E-state index < -0.39 is 0 Å².